The third-order valence-corrected chi connectivity index (χ3v) is 3.30. The van der Waals surface area contributed by atoms with Crippen LogP contribution in [0.3, 0.4) is 0 Å². The van der Waals surface area contributed by atoms with E-state index in [4.69, 9.17) is 0 Å². The Hall–Kier alpha value is -2.21. The van der Waals surface area contributed by atoms with Gasteiger partial charge >= 0.3 is 5.97 Å². The monoisotopic (exact) mass is 317 g/mol. The van der Waals surface area contributed by atoms with Gasteiger partial charge in [0.15, 0.2) is 0 Å². The fraction of sp³-hybridized carbons (Fsp3) is 0. The van der Waals surface area contributed by atoms with Gasteiger partial charge in [-0.25, -0.2) is 9.48 Å². The van der Waals surface area contributed by atoms with E-state index in [1.807, 2.05) is 24.3 Å². The molecule has 0 atom stereocenters. The zero-order chi connectivity index (χ0) is 13.4. The summed E-state index contributed by atoms with van der Waals surface area (Å²) in [5.41, 5.74) is 2.00. The molecule has 0 radical (unpaired) electrons. The highest BCUT2D eigenvalue weighted by molar-refractivity contribution is 9.10. The minimum absolute atomic E-state index is 0.186. The molecule has 6 heteroatoms. The Morgan fingerprint density at radius 3 is 2.58 bits per heavy atom. The lowest BCUT2D eigenvalue weighted by Crippen LogP contribution is -2.03. The number of carboxylic acids is 1. The Morgan fingerprint density at radius 2 is 1.89 bits per heavy atom. The molecule has 1 aromatic heterocycles. The summed E-state index contributed by atoms with van der Waals surface area (Å²) in [5, 5.41) is 17.3. The first kappa shape index (κ1) is 11.9. The number of rotatable bonds is 2. The van der Waals surface area contributed by atoms with Gasteiger partial charge in [-0.2, -0.15) is 0 Å². The Labute approximate surface area is 116 Å². The number of benzene rings is 2. The van der Waals surface area contributed by atoms with Crippen molar-refractivity contribution in [1.82, 2.24) is 15.0 Å². The molecule has 94 valence electrons. The third-order valence-electron chi connectivity index (χ3n) is 2.77. The second-order valence-corrected chi connectivity index (χ2v) is 4.87. The van der Waals surface area contributed by atoms with Crippen LogP contribution in [0.15, 0.2) is 46.9 Å². The largest absolute Gasteiger partial charge is 0.478 e. The Bertz CT molecular complexity index is 765. The molecule has 5 nitrogen and oxygen atoms in total. The molecule has 0 amide bonds. The standard InChI is InChI=1S/C13H8BrN3O2/c14-8-4-6-9(7-5-8)17-12-10(13(18)19)2-1-3-11(12)15-16-17/h1-7H,(H,18,19). The Balaban J connectivity index is 2.30. The van der Waals surface area contributed by atoms with E-state index in [0.717, 1.165) is 10.2 Å². The molecule has 0 unspecified atom stereocenters. The lowest BCUT2D eigenvalue weighted by atomic mass is 10.2. The van der Waals surface area contributed by atoms with Crippen LogP contribution in [0.1, 0.15) is 10.4 Å². The van der Waals surface area contributed by atoms with Crippen LogP contribution in [0.2, 0.25) is 0 Å². The van der Waals surface area contributed by atoms with Crippen molar-refractivity contribution < 1.29 is 9.90 Å². The van der Waals surface area contributed by atoms with E-state index in [2.05, 4.69) is 26.2 Å². The van der Waals surface area contributed by atoms with Gasteiger partial charge in [0.05, 0.1) is 11.3 Å². The van der Waals surface area contributed by atoms with Crippen molar-refractivity contribution >= 4 is 32.9 Å². The number of carboxylic acid groups (broad SMARTS) is 1. The number of carbonyl (C=O) groups is 1. The number of fused-ring (bicyclic) bond motifs is 1. The van der Waals surface area contributed by atoms with Crippen LogP contribution in [0, 0.1) is 0 Å². The molecule has 2 aromatic carbocycles. The summed E-state index contributed by atoms with van der Waals surface area (Å²) < 4.78 is 2.48. The van der Waals surface area contributed by atoms with Crippen molar-refractivity contribution in [2.24, 2.45) is 0 Å². The minimum atomic E-state index is -0.994. The fourth-order valence-corrected chi connectivity index (χ4v) is 2.17. The Morgan fingerprint density at radius 1 is 1.16 bits per heavy atom. The SMILES string of the molecule is O=C(O)c1cccc2nnn(-c3ccc(Br)cc3)c12. The second-order valence-electron chi connectivity index (χ2n) is 3.96. The van der Waals surface area contributed by atoms with E-state index in [-0.39, 0.29) is 5.56 Å². The van der Waals surface area contributed by atoms with Crippen molar-refractivity contribution in [3.05, 3.63) is 52.5 Å². The van der Waals surface area contributed by atoms with Gasteiger partial charge in [0, 0.05) is 4.47 Å². The molecule has 1 N–H and O–H groups in total. The average Bonchev–Trinajstić information content (AvgIpc) is 2.83. The molecule has 1 heterocycles. The first-order chi connectivity index (χ1) is 9.16. The molecule has 3 aromatic rings. The Kier molecular flexibility index (Phi) is 2.79. The van der Waals surface area contributed by atoms with E-state index in [1.165, 1.54) is 4.68 Å². The van der Waals surface area contributed by atoms with E-state index in [0.29, 0.717) is 11.0 Å². The summed E-state index contributed by atoms with van der Waals surface area (Å²) in [7, 11) is 0. The molecule has 0 fully saturated rings. The predicted molar refractivity (Wildman–Crippen MR) is 73.5 cm³/mol. The molecule has 0 saturated carbocycles. The number of hydrogen-bond donors (Lipinski definition) is 1. The third kappa shape index (κ3) is 2.00. The van der Waals surface area contributed by atoms with Crippen LogP contribution in [-0.4, -0.2) is 26.1 Å². The number of halogens is 1. The fourth-order valence-electron chi connectivity index (χ4n) is 1.91. The van der Waals surface area contributed by atoms with Crippen LogP contribution in [0.4, 0.5) is 0 Å². The first-order valence-electron chi connectivity index (χ1n) is 5.50. The maximum absolute atomic E-state index is 11.3. The highest BCUT2D eigenvalue weighted by Crippen LogP contribution is 2.21. The van der Waals surface area contributed by atoms with Crippen LogP contribution in [0.25, 0.3) is 16.7 Å². The number of para-hydroxylation sites is 1. The summed E-state index contributed by atoms with van der Waals surface area (Å²) in [6.07, 6.45) is 0. The van der Waals surface area contributed by atoms with Crippen molar-refractivity contribution in [3.8, 4) is 5.69 Å². The zero-order valence-corrected chi connectivity index (χ0v) is 11.2. The summed E-state index contributed by atoms with van der Waals surface area (Å²) in [4.78, 5) is 11.3. The molecular formula is C13H8BrN3O2. The second kappa shape index (κ2) is 4.47. The van der Waals surface area contributed by atoms with Crippen LogP contribution >= 0.6 is 15.9 Å². The van der Waals surface area contributed by atoms with Gasteiger partial charge in [-0.1, -0.05) is 27.2 Å². The van der Waals surface area contributed by atoms with Gasteiger partial charge in [0.25, 0.3) is 0 Å². The van der Waals surface area contributed by atoms with Crippen LogP contribution in [-0.2, 0) is 0 Å². The van der Waals surface area contributed by atoms with E-state index < -0.39 is 5.97 Å². The quantitative estimate of drug-likeness (QED) is 0.789. The summed E-state index contributed by atoms with van der Waals surface area (Å²) >= 11 is 3.36. The molecule has 0 saturated heterocycles. The zero-order valence-electron chi connectivity index (χ0n) is 9.62. The number of nitrogens with zero attached hydrogens (tertiary/aromatic N) is 3. The first-order valence-corrected chi connectivity index (χ1v) is 6.30. The maximum atomic E-state index is 11.3. The lowest BCUT2D eigenvalue weighted by Gasteiger charge is -2.04. The van der Waals surface area contributed by atoms with Gasteiger partial charge in [0.1, 0.15) is 11.0 Å². The number of aromatic carboxylic acids is 1. The van der Waals surface area contributed by atoms with Crippen LogP contribution < -0.4 is 0 Å². The van der Waals surface area contributed by atoms with Crippen molar-refractivity contribution in [2.75, 3.05) is 0 Å². The highest BCUT2D eigenvalue weighted by Gasteiger charge is 2.15. The number of hydrogen-bond acceptors (Lipinski definition) is 3. The summed E-state index contributed by atoms with van der Waals surface area (Å²) in [6.45, 7) is 0. The lowest BCUT2D eigenvalue weighted by molar-refractivity contribution is 0.0698. The van der Waals surface area contributed by atoms with E-state index in [1.54, 1.807) is 18.2 Å². The van der Waals surface area contributed by atoms with Gasteiger partial charge in [0.2, 0.25) is 0 Å². The smallest absolute Gasteiger partial charge is 0.337 e. The van der Waals surface area contributed by atoms with E-state index in [9.17, 15) is 9.90 Å². The average molecular weight is 318 g/mol. The molecule has 3 rings (SSSR count). The summed E-state index contributed by atoms with van der Waals surface area (Å²) in [6, 6.07) is 12.4. The number of aromatic nitrogens is 3. The van der Waals surface area contributed by atoms with Gasteiger partial charge < -0.3 is 5.11 Å². The normalized spacial score (nSPS) is 10.8. The molecule has 0 aliphatic carbocycles. The molecule has 0 aliphatic rings. The molecule has 19 heavy (non-hydrogen) atoms. The topological polar surface area (TPSA) is 68.0 Å². The van der Waals surface area contributed by atoms with Gasteiger partial charge in [-0.3, -0.25) is 0 Å². The van der Waals surface area contributed by atoms with Crippen LogP contribution in [0.5, 0.6) is 0 Å². The predicted octanol–water partition coefficient (Wildman–Crippen LogP) is 2.88. The van der Waals surface area contributed by atoms with Crippen molar-refractivity contribution in [2.45, 2.75) is 0 Å². The van der Waals surface area contributed by atoms with Gasteiger partial charge in [-0.05, 0) is 36.4 Å². The highest BCUT2D eigenvalue weighted by atomic mass is 79.9. The maximum Gasteiger partial charge on any atom is 0.337 e. The molecular weight excluding hydrogens is 310 g/mol. The van der Waals surface area contributed by atoms with Crippen molar-refractivity contribution in [1.29, 1.82) is 0 Å². The minimum Gasteiger partial charge on any atom is -0.478 e. The molecule has 0 spiro atoms. The van der Waals surface area contributed by atoms with E-state index >= 15 is 0 Å². The van der Waals surface area contributed by atoms with Gasteiger partial charge in [-0.15, -0.1) is 5.10 Å². The molecule has 0 bridgehead atoms. The van der Waals surface area contributed by atoms with Crippen molar-refractivity contribution in [3.63, 3.8) is 0 Å². The summed E-state index contributed by atoms with van der Waals surface area (Å²) in [5.74, 6) is -0.994. The molecule has 0 aliphatic heterocycles.